The highest BCUT2D eigenvalue weighted by Gasteiger charge is 2.28. The molecule has 2 fully saturated rings. The molecule has 2 rings (SSSR count). The lowest BCUT2D eigenvalue weighted by Crippen LogP contribution is -2.49. The van der Waals surface area contributed by atoms with Crippen molar-refractivity contribution in [1.29, 1.82) is 0 Å². The molecule has 554 valence electrons. The van der Waals surface area contributed by atoms with E-state index in [9.17, 15) is 87.2 Å². The van der Waals surface area contributed by atoms with E-state index >= 15 is 0 Å². The molecule has 0 saturated carbocycles. The predicted octanol–water partition coefficient (Wildman–Crippen LogP) is -2.75. The Hall–Kier alpha value is -8.69. The predicted molar refractivity (Wildman–Crippen MR) is 351 cm³/mol. The summed E-state index contributed by atoms with van der Waals surface area (Å²) >= 11 is 0. The summed E-state index contributed by atoms with van der Waals surface area (Å²) < 4.78 is 8.85. The molecular weight excluding hydrogens is 1270 g/mol. The Labute approximate surface area is 567 Å². The van der Waals surface area contributed by atoms with Crippen molar-refractivity contribution in [3.8, 4) is 0 Å². The van der Waals surface area contributed by atoms with Crippen LogP contribution in [0.15, 0.2) is 47.5 Å². The number of cyclic esters (lactones) is 4. The van der Waals surface area contributed by atoms with Gasteiger partial charge in [-0.2, -0.15) is 0 Å². The van der Waals surface area contributed by atoms with Crippen LogP contribution in [0.2, 0.25) is 0 Å². The molecule has 2 aliphatic heterocycles. The van der Waals surface area contributed by atoms with Crippen molar-refractivity contribution in [2.75, 3.05) is 177 Å². The number of Topliss-reactive ketones (excluding diaryl/α,β-unsaturated/α-hetero) is 4. The normalized spacial score (nSPS) is 11.7. The second-order valence-electron chi connectivity index (χ2n) is 19.1. The fourth-order valence-corrected chi connectivity index (χ4v) is 7.63. The lowest BCUT2D eigenvalue weighted by Gasteiger charge is -2.30. The number of carbonyl (C=O) groups excluding carboxylic acids is 11. The average Bonchev–Trinajstić information content (AvgIpc) is 2.78. The van der Waals surface area contributed by atoms with Crippen LogP contribution < -0.4 is 15.3 Å². The zero-order chi connectivity index (χ0) is 66.6. The minimum atomic E-state index is -1.37. The smallest absolute Gasteiger partial charge is 0.327 e. The van der Waals surface area contributed by atoms with Gasteiger partial charge in [0.25, 0.3) is 0 Å². The number of ether oxygens (including phenoxy) is 2. The monoisotopic (exact) mass is 1380 g/mol. The molecular formula is C63H110N9O24-3. The fraction of sp³-hybridized carbons (Fsp3) is 0.635. The SMILES string of the molecule is C.C.C.C.C.C.C.C.C.C=C=C=C=C=C=C=C.CC(=O)CN(CCN(CCN(CC(C)=O)CC(=O)O)CC(=O)O)CC(=O)O.CC(=O)CN(CCN(CCN(CC(C)=O)CC(=O)[O-])CC(=O)[O-])CC(=O)[O-].O=C(O)CN(CCN1CC(=O)OC(=O)C1)CCN1CC(=O)OC(=O)C1. The van der Waals surface area contributed by atoms with Crippen molar-refractivity contribution in [2.24, 2.45) is 0 Å². The molecule has 0 amide bonds. The third kappa shape index (κ3) is 68.2. The van der Waals surface area contributed by atoms with Crippen LogP contribution in [-0.4, -0.2) is 330 Å². The van der Waals surface area contributed by atoms with Gasteiger partial charge in [0.1, 0.15) is 23.1 Å². The first-order valence-corrected chi connectivity index (χ1v) is 26.2. The summed E-state index contributed by atoms with van der Waals surface area (Å²) in [6.45, 7) is 10.8. The Kier molecular flexibility index (Phi) is 75.6. The molecule has 0 aromatic heterocycles. The van der Waals surface area contributed by atoms with Crippen molar-refractivity contribution in [3.05, 3.63) is 47.5 Å². The molecule has 0 bridgehead atoms. The Balaban J connectivity index is -0.000000113. The number of carboxylic acids is 7. The molecule has 2 saturated heterocycles. The summed E-state index contributed by atoms with van der Waals surface area (Å²) in [5.74, 6) is -11.9. The van der Waals surface area contributed by atoms with Gasteiger partial charge >= 0.3 is 47.8 Å². The van der Waals surface area contributed by atoms with E-state index in [4.69, 9.17) is 20.4 Å². The first-order valence-electron chi connectivity index (χ1n) is 26.2. The Morgan fingerprint density at radius 3 is 0.740 bits per heavy atom. The van der Waals surface area contributed by atoms with E-state index in [0.29, 0.717) is 26.2 Å². The van der Waals surface area contributed by atoms with Crippen LogP contribution in [0.4, 0.5) is 0 Å². The quantitative estimate of drug-likeness (QED) is 0.0274. The van der Waals surface area contributed by atoms with Crippen LogP contribution in [0.25, 0.3) is 0 Å². The first-order chi connectivity index (χ1) is 40.7. The van der Waals surface area contributed by atoms with E-state index < -0.39 is 85.3 Å². The van der Waals surface area contributed by atoms with Crippen LogP contribution in [-0.2, 0) is 81.4 Å². The summed E-state index contributed by atoms with van der Waals surface area (Å²) in [5, 5.41) is 68.2. The van der Waals surface area contributed by atoms with E-state index in [1.165, 1.54) is 57.1 Å². The van der Waals surface area contributed by atoms with Gasteiger partial charge in [-0.25, -0.2) is 0 Å². The zero-order valence-electron chi connectivity index (χ0n) is 49.0. The number of rotatable bonds is 40. The number of ketones is 4. The minimum absolute atomic E-state index is 0. The molecule has 2 heterocycles. The largest absolute Gasteiger partial charge is 0.549 e. The number of nitrogens with zero attached hydrogens (tertiary/aromatic N) is 9. The summed E-state index contributed by atoms with van der Waals surface area (Å²) in [5.41, 5.74) is 14.5. The van der Waals surface area contributed by atoms with Crippen molar-refractivity contribution in [2.45, 2.75) is 94.5 Å². The second-order valence-corrected chi connectivity index (χ2v) is 19.1. The molecule has 0 aromatic rings. The van der Waals surface area contributed by atoms with Gasteiger partial charge in [-0.05, 0) is 63.8 Å². The molecule has 96 heavy (non-hydrogen) atoms. The van der Waals surface area contributed by atoms with Crippen molar-refractivity contribution in [3.63, 3.8) is 0 Å². The number of morpholine rings is 2. The maximum Gasteiger partial charge on any atom is 0.327 e. The number of aliphatic carboxylic acids is 7. The molecule has 0 unspecified atom stereocenters. The highest BCUT2D eigenvalue weighted by atomic mass is 16.6. The topological polar surface area (TPSA) is 454 Å². The summed E-state index contributed by atoms with van der Waals surface area (Å²) in [6.07, 6.45) is 0. The average molecular weight is 1380 g/mol. The van der Waals surface area contributed by atoms with Gasteiger partial charge < -0.3 is 59.6 Å². The van der Waals surface area contributed by atoms with Crippen molar-refractivity contribution < 1.29 is 117 Å². The van der Waals surface area contributed by atoms with Gasteiger partial charge in [0.05, 0.1) is 96.4 Å². The zero-order valence-corrected chi connectivity index (χ0v) is 49.0. The molecule has 0 atom stereocenters. The van der Waals surface area contributed by atoms with Crippen LogP contribution >= 0.6 is 0 Å². The number of carboxylic acid groups (broad SMARTS) is 7. The van der Waals surface area contributed by atoms with Crippen LogP contribution in [0.3, 0.4) is 0 Å². The van der Waals surface area contributed by atoms with Gasteiger partial charge in [0.15, 0.2) is 0 Å². The maximum atomic E-state index is 11.2. The summed E-state index contributed by atoms with van der Waals surface area (Å²) in [4.78, 5) is 179. The second kappa shape index (κ2) is 65.0. The Bertz CT molecular complexity index is 2310. The highest BCUT2D eigenvalue weighted by Crippen LogP contribution is 2.05. The number of hydrogen-bond donors (Lipinski definition) is 4. The minimum Gasteiger partial charge on any atom is -0.549 e. The van der Waals surface area contributed by atoms with Gasteiger partial charge in [-0.15, -0.1) is 0 Å². The highest BCUT2D eigenvalue weighted by molar-refractivity contribution is 5.90. The van der Waals surface area contributed by atoms with Gasteiger partial charge in [0, 0.05) is 98.2 Å². The number of carbonyl (C=O) groups is 15. The van der Waals surface area contributed by atoms with E-state index in [-0.39, 0.29) is 221 Å². The molecule has 33 heteroatoms. The summed E-state index contributed by atoms with van der Waals surface area (Å²) in [7, 11) is 0. The van der Waals surface area contributed by atoms with Crippen molar-refractivity contribution in [1.82, 2.24) is 44.1 Å². The molecule has 0 spiro atoms. The third-order valence-electron chi connectivity index (χ3n) is 10.9. The molecule has 0 radical (unpaired) electrons. The Morgan fingerprint density at radius 2 is 0.531 bits per heavy atom. The van der Waals surface area contributed by atoms with Crippen LogP contribution in [0, 0.1) is 0 Å². The van der Waals surface area contributed by atoms with Crippen LogP contribution in [0.1, 0.15) is 94.5 Å². The molecule has 0 aliphatic carbocycles. The fourth-order valence-electron chi connectivity index (χ4n) is 7.63. The number of hydrogen-bond acceptors (Lipinski definition) is 29. The van der Waals surface area contributed by atoms with Gasteiger partial charge in [-0.1, -0.05) is 78.3 Å². The number of esters is 4. The van der Waals surface area contributed by atoms with E-state index in [0.717, 1.165) is 0 Å². The Morgan fingerprint density at radius 1 is 0.344 bits per heavy atom. The summed E-state index contributed by atoms with van der Waals surface area (Å²) in [6, 6.07) is 0. The van der Waals surface area contributed by atoms with E-state index in [1.54, 1.807) is 14.7 Å². The van der Waals surface area contributed by atoms with Crippen molar-refractivity contribution >= 4 is 88.8 Å². The molecule has 2 aliphatic rings. The third-order valence-corrected chi connectivity index (χ3v) is 10.9. The molecule has 33 nitrogen and oxygen atoms in total. The lowest BCUT2D eigenvalue weighted by atomic mass is 10.3. The van der Waals surface area contributed by atoms with Gasteiger partial charge in [-0.3, -0.25) is 102 Å². The molecule has 4 N–H and O–H groups in total. The standard InChI is InChI=1S/2C16H27N3O8.C14H19N3O8.C8H4.9CH4/c2*1-12(20)7-18(10-15(24)25)5-3-17(9-14(22)23)4-6-19(8-13(2)21)11-16(26)27;18-10(19)5-15(1-3-16-6-11(20)24-12(21)7-16)2-4-17-8-13(22)25-14(23)9-17;1-3-5-7-8-6-4-2;;;;;;;;;/h2*3-11H2,1-2H3,(H,22,23)(H,24,25)(H,26,27);1-9H2,(H,18,19);1-2H2;9*1H4/p-3. The van der Waals surface area contributed by atoms with Gasteiger partial charge in [0.2, 0.25) is 0 Å². The lowest BCUT2D eigenvalue weighted by molar-refractivity contribution is -0.308. The van der Waals surface area contributed by atoms with Crippen LogP contribution in [0.5, 0.6) is 0 Å². The first kappa shape index (κ1) is 112. The molecule has 0 aromatic carbocycles. The van der Waals surface area contributed by atoms with E-state index in [1.807, 2.05) is 0 Å². The van der Waals surface area contributed by atoms with E-state index in [2.05, 4.69) is 57.0 Å². The maximum absolute atomic E-state index is 11.2.